The van der Waals surface area contributed by atoms with Gasteiger partial charge in [-0.25, -0.2) is 4.39 Å². The van der Waals surface area contributed by atoms with E-state index in [-0.39, 0.29) is 36.2 Å². The molecule has 1 aliphatic carbocycles. The molecule has 0 aromatic heterocycles. The standard InChI is InChI=1S/C21H24ClFN2O.2ClH/c22-18-11-16(12-19(23)13-18)14-26-15-21(25-9-7-24-8-10-25)6-5-17-3-1-2-4-20(17)21;;/h1-4,11-13,24H,5-10,14-15H2;2*1H. The fourth-order valence-corrected chi connectivity index (χ4v) is 4.61. The molecule has 2 aromatic rings. The number of hydrogen-bond donors (Lipinski definition) is 1. The fraction of sp³-hybridized carbons (Fsp3) is 0.429. The first-order valence-corrected chi connectivity index (χ1v) is 9.62. The Morgan fingerprint density at radius 3 is 2.61 bits per heavy atom. The summed E-state index contributed by atoms with van der Waals surface area (Å²) in [6.45, 7) is 5.02. The maximum atomic E-state index is 13.6. The molecule has 7 heteroatoms. The van der Waals surface area contributed by atoms with Gasteiger partial charge in [0.25, 0.3) is 0 Å². The van der Waals surface area contributed by atoms with Crippen molar-refractivity contribution < 1.29 is 9.13 Å². The maximum Gasteiger partial charge on any atom is 0.125 e. The van der Waals surface area contributed by atoms with Crippen LogP contribution in [0.15, 0.2) is 42.5 Å². The molecule has 1 N–H and O–H groups in total. The molecule has 2 aromatic carbocycles. The summed E-state index contributed by atoms with van der Waals surface area (Å²) in [6, 6.07) is 13.3. The van der Waals surface area contributed by atoms with Crippen LogP contribution in [0.2, 0.25) is 5.02 Å². The zero-order chi connectivity index (χ0) is 18.0. The van der Waals surface area contributed by atoms with E-state index in [1.165, 1.54) is 23.3 Å². The average Bonchev–Trinajstić information content (AvgIpc) is 3.02. The van der Waals surface area contributed by atoms with Gasteiger partial charge in [-0.3, -0.25) is 4.90 Å². The van der Waals surface area contributed by atoms with Gasteiger partial charge in [-0.15, -0.1) is 24.8 Å². The molecule has 0 amide bonds. The van der Waals surface area contributed by atoms with Crippen LogP contribution in [-0.4, -0.2) is 37.7 Å². The van der Waals surface area contributed by atoms with Crippen LogP contribution < -0.4 is 5.32 Å². The topological polar surface area (TPSA) is 24.5 Å². The molecule has 154 valence electrons. The molecule has 2 aliphatic rings. The first-order valence-electron chi connectivity index (χ1n) is 9.24. The number of hydrogen-bond acceptors (Lipinski definition) is 3. The predicted molar refractivity (Wildman–Crippen MR) is 116 cm³/mol. The number of aryl methyl sites for hydroxylation is 1. The van der Waals surface area contributed by atoms with Crippen LogP contribution in [0.4, 0.5) is 4.39 Å². The Labute approximate surface area is 183 Å². The van der Waals surface area contributed by atoms with E-state index in [0.29, 0.717) is 18.2 Å². The number of benzene rings is 2. The van der Waals surface area contributed by atoms with Gasteiger partial charge in [-0.2, -0.15) is 0 Å². The molecule has 1 saturated heterocycles. The van der Waals surface area contributed by atoms with Crippen LogP contribution in [0, 0.1) is 5.82 Å². The highest BCUT2D eigenvalue weighted by Gasteiger charge is 2.44. The Morgan fingerprint density at radius 2 is 1.86 bits per heavy atom. The van der Waals surface area contributed by atoms with Crippen molar-refractivity contribution in [1.82, 2.24) is 10.2 Å². The predicted octanol–water partition coefficient (Wildman–Crippen LogP) is 4.59. The summed E-state index contributed by atoms with van der Waals surface area (Å²) in [5.41, 5.74) is 3.50. The van der Waals surface area contributed by atoms with Crippen LogP contribution >= 0.6 is 36.4 Å². The normalized spacial score (nSPS) is 21.5. The molecule has 1 atom stereocenters. The van der Waals surface area contributed by atoms with Crippen molar-refractivity contribution in [2.75, 3.05) is 32.8 Å². The largest absolute Gasteiger partial charge is 0.374 e. The molecule has 0 bridgehead atoms. The van der Waals surface area contributed by atoms with Crippen LogP contribution in [0.1, 0.15) is 23.1 Å². The summed E-state index contributed by atoms with van der Waals surface area (Å²) in [4.78, 5) is 2.56. The van der Waals surface area contributed by atoms with Crippen molar-refractivity contribution >= 4 is 36.4 Å². The zero-order valence-corrected chi connectivity index (χ0v) is 18.0. The second-order valence-electron chi connectivity index (χ2n) is 7.20. The van der Waals surface area contributed by atoms with Gasteiger partial charge in [0.2, 0.25) is 0 Å². The average molecular weight is 448 g/mol. The maximum absolute atomic E-state index is 13.6. The third kappa shape index (κ3) is 4.81. The second kappa shape index (κ2) is 10.2. The number of rotatable bonds is 5. The number of piperazine rings is 1. The molecule has 1 heterocycles. The van der Waals surface area contributed by atoms with E-state index in [1.807, 2.05) is 0 Å². The van der Waals surface area contributed by atoms with Gasteiger partial charge in [0.1, 0.15) is 5.82 Å². The highest BCUT2D eigenvalue weighted by atomic mass is 35.5. The van der Waals surface area contributed by atoms with Gasteiger partial charge >= 0.3 is 0 Å². The molecule has 0 radical (unpaired) electrons. The van der Waals surface area contributed by atoms with E-state index in [2.05, 4.69) is 34.5 Å². The lowest BCUT2D eigenvalue weighted by Gasteiger charge is -2.44. The fourth-order valence-electron chi connectivity index (χ4n) is 4.36. The molecule has 1 fully saturated rings. The monoisotopic (exact) mass is 446 g/mol. The van der Waals surface area contributed by atoms with E-state index >= 15 is 0 Å². The SMILES string of the molecule is Cl.Cl.Fc1cc(Cl)cc(COCC2(N3CCNCC3)CCc3ccccc32)c1. The van der Waals surface area contributed by atoms with Crippen molar-refractivity contribution in [1.29, 1.82) is 0 Å². The minimum Gasteiger partial charge on any atom is -0.374 e. The third-order valence-corrected chi connectivity index (χ3v) is 5.80. The van der Waals surface area contributed by atoms with Gasteiger partial charge in [0.05, 0.1) is 18.8 Å². The first kappa shape index (κ1) is 23.4. The smallest absolute Gasteiger partial charge is 0.125 e. The first-order chi connectivity index (χ1) is 12.7. The molecule has 3 nitrogen and oxygen atoms in total. The van der Waals surface area contributed by atoms with E-state index < -0.39 is 0 Å². The highest BCUT2D eigenvalue weighted by molar-refractivity contribution is 6.30. The van der Waals surface area contributed by atoms with Crippen LogP contribution in [0.25, 0.3) is 0 Å². The molecule has 28 heavy (non-hydrogen) atoms. The lowest BCUT2D eigenvalue weighted by Crippen LogP contribution is -2.55. The number of fused-ring (bicyclic) bond motifs is 1. The molecule has 0 saturated carbocycles. The lowest BCUT2D eigenvalue weighted by atomic mass is 9.89. The Kier molecular flexibility index (Phi) is 8.56. The number of nitrogens with one attached hydrogen (secondary N) is 1. The Balaban J connectivity index is 0.00000140. The number of nitrogens with zero attached hydrogens (tertiary/aromatic N) is 1. The molecular formula is C21H26Cl3FN2O. The van der Waals surface area contributed by atoms with Gasteiger partial charge in [0.15, 0.2) is 0 Å². The Morgan fingerprint density at radius 1 is 1.11 bits per heavy atom. The summed E-state index contributed by atoms with van der Waals surface area (Å²) in [6.07, 6.45) is 2.14. The van der Waals surface area contributed by atoms with Gasteiger partial charge in [-0.1, -0.05) is 35.9 Å². The zero-order valence-electron chi connectivity index (χ0n) is 15.6. The summed E-state index contributed by atoms with van der Waals surface area (Å²) in [5, 5.41) is 3.84. The highest BCUT2D eigenvalue weighted by Crippen LogP contribution is 2.42. The lowest BCUT2D eigenvalue weighted by molar-refractivity contribution is -0.0240. The Bertz CT molecular complexity index is 766. The minimum atomic E-state index is -0.320. The molecule has 1 aliphatic heterocycles. The molecule has 4 rings (SSSR count). The number of halogens is 4. The van der Waals surface area contributed by atoms with E-state index in [9.17, 15) is 4.39 Å². The summed E-state index contributed by atoms with van der Waals surface area (Å²) < 4.78 is 19.7. The molecule has 1 unspecified atom stereocenters. The van der Waals surface area contributed by atoms with Crippen LogP contribution in [0.5, 0.6) is 0 Å². The number of ether oxygens (including phenoxy) is 1. The van der Waals surface area contributed by atoms with Crippen molar-refractivity contribution in [2.24, 2.45) is 0 Å². The van der Waals surface area contributed by atoms with Crippen molar-refractivity contribution in [3.05, 3.63) is 70.0 Å². The Hall–Kier alpha value is -0.880. The van der Waals surface area contributed by atoms with E-state index in [1.54, 1.807) is 6.07 Å². The summed E-state index contributed by atoms with van der Waals surface area (Å²) in [7, 11) is 0. The van der Waals surface area contributed by atoms with Crippen LogP contribution in [0.3, 0.4) is 0 Å². The quantitative estimate of drug-likeness (QED) is 0.726. The van der Waals surface area contributed by atoms with Crippen molar-refractivity contribution in [3.8, 4) is 0 Å². The van der Waals surface area contributed by atoms with Gasteiger partial charge in [-0.05, 0) is 47.7 Å². The third-order valence-electron chi connectivity index (χ3n) is 5.58. The van der Waals surface area contributed by atoms with Gasteiger partial charge in [0, 0.05) is 31.2 Å². The van der Waals surface area contributed by atoms with E-state index in [4.69, 9.17) is 16.3 Å². The summed E-state index contributed by atoms with van der Waals surface area (Å²) >= 11 is 5.96. The molecule has 0 spiro atoms. The minimum absolute atomic E-state index is 0. The second-order valence-corrected chi connectivity index (χ2v) is 7.63. The van der Waals surface area contributed by atoms with Crippen LogP contribution in [-0.2, 0) is 23.3 Å². The van der Waals surface area contributed by atoms with E-state index in [0.717, 1.165) is 44.6 Å². The summed E-state index contributed by atoms with van der Waals surface area (Å²) in [5.74, 6) is -0.320. The van der Waals surface area contributed by atoms with Crippen molar-refractivity contribution in [3.63, 3.8) is 0 Å². The van der Waals surface area contributed by atoms with Gasteiger partial charge < -0.3 is 10.1 Å². The molecular weight excluding hydrogens is 422 g/mol. The van der Waals surface area contributed by atoms with Crippen molar-refractivity contribution in [2.45, 2.75) is 25.0 Å².